The molecule has 0 saturated carbocycles. The van der Waals surface area contributed by atoms with Crippen LogP contribution in [0.4, 0.5) is 0 Å². The van der Waals surface area contributed by atoms with Crippen LogP contribution in [0.5, 0.6) is 5.75 Å². The van der Waals surface area contributed by atoms with Crippen molar-refractivity contribution in [3.05, 3.63) is 65.7 Å². The van der Waals surface area contributed by atoms with Crippen LogP contribution in [0.1, 0.15) is 11.1 Å². The molecule has 0 spiro atoms. The van der Waals surface area contributed by atoms with Crippen LogP contribution in [0.15, 0.2) is 54.6 Å². The first-order valence-electron chi connectivity index (χ1n) is 6.55. The molecule has 0 heterocycles. The van der Waals surface area contributed by atoms with Crippen molar-refractivity contribution in [1.82, 2.24) is 0 Å². The topological polar surface area (TPSA) is 9.23 Å². The number of benzene rings is 3. The first kappa shape index (κ1) is 10.6. The fourth-order valence-corrected chi connectivity index (χ4v) is 3.15. The molecule has 1 nitrogen and oxygen atoms in total. The highest BCUT2D eigenvalue weighted by Gasteiger charge is 2.23. The minimum atomic E-state index is 0.978. The van der Waals surface area contributed by atoms with Gasteiger partial charge in [-0.1, -0.05) is 48.5 Å². The van der Waals surface area contributed by atoms with Gasteiger partial charge in [0.05, 0.1) is 7.11 Å². The Bertz CT molecular complexity index is 787. The van der Waals surface area contributed by atoms with Crippen molar-refractivity contribution in [1.29, 1.82) is 0 Å². The molecule has 4 rings (SSSR count). The number of methoxy groups -OCH3 is 1. The molecule has 0 aliphatic heterocycles. The second-order valence-electron chi connectivity index (χ2n) is 4.98. The van der Waals surface area contributed by atoms with Crippen LogP contribution in [0.25, 0.3) is 21.9 Å². The second kappa shape index (κ2) is 3.86. The Balaban J connectivity index is 2.08. The third kappa shape index (κ3) is 1.42. The van der Waals surface area contributed by atoms with E-state index in [0.29, 0.717) is 0 Å². The summed E-state index contributed by atoms with van der Waals surface area (Å²) in [5.74, 6) is 0.978. The van der Waals surface area contributed by atoms with Crippen molar-refractivity contribution in [2.75, 3.05) is 7.11 Å². The molecule has 0 N–H and O–H groups in total. The third-order valence-corrected chi connectivity index (χ3v) is 4.01. The summed E-state index contributed by atoms with van der Waals surface area (Å²) in [6, 6.07) is 19.4. The normalized spacial score (nSPS) is 12.3. The molecule has 0 saturated heterocycles. The number of hydrogen-bond donors (Lipinski definition) is 0. The van der Waals surface area contributed by atoms with Crippen LogP contribution < -0.4 is 4.74 Å². The van der Waals surface area contributed by atoms with Crippen molar-refractivity contribution in [2.45, 2.75) is 6.42 Å². The van der Waals surface area contributed by atoms with Crippen molar-refractivity contribution >= 4 is 10.8 Å². The first-order chi connectivity index (χ1) is 9.38. The Hall–Kier alpha value is -2.28. The lowest BCUT2D eigenvalue weighted by molar-refractivity contribution is 0.416. The Kier molecular flexibility index (Phi) is 2.16. The SMILES string of the molecule is COc1cccc2c1-c1ccc3ccccc3c1C2. The molecule has 92 valence electrons. The predicted molar refractivity (Wildman–Crippen MR) is 78.7 cm³/mol. The van der Waals surface area contributed by atoms with E-state index < -0.39 is 0 Å². The fraction of sp³-hybridized carbons (Fsp3) is 0.111. The fourth-order valence-electron chi connectivity index (χ4n) is 3.15. The maximum atomic E-state index is 5.53. The summed E-state index contributed by atoms with van der Waals surface area (Å²) < 4.78 is 5.53. The molecule has 0 unspecified atom stereocenters. The summed E-state index contributed by atoms with van der Waals surface area (Å²) >= 11 is 0. The van der Waals surface area contributed by atoms with Gasteiger partial charge in [-0.05, 0) is 39.9 Å². The van der Waals surface area contributed by atoms with E-state index in [2.05, 4.69) is 48.5 Å². The van der Waals surface area contributed by atoms with Crippen LogP contribution >= 0.6 is 0 Å². The summed E-state index contributed by atoms with van der Waals surface area (Å²) in [6.45, 7) is 0. The molecule has 0 amide bonds. The predicted octanol–water partition coefficient (Wildman–Crippen LogP) is 4.42. The number of hydrogen-bond acceptors (Lipinski definition) is 1. The van der Waals surface area contributed by atoms with Gasteiger partial charge in [-0.25, -0.2) is 0 Å². The van der Waals surface area contributed by atoms with Gasteiger partial charge in [-0.3, -0.25) is 0 Å². The standard InChI is InChI=1S/C18H14O/c1-19-17-8-4-6-13-11-16-14-7-3-2-5-12(14)9-10-15(16)18(13)17/h2-10H,11H2,1H3. The van der Waals surface area contributed by atoms with Crippen LogP contribution in [0, 0.1) is 0 Å². The molecule has 3 aromatic rings. The highest BCUT2D eigenvalue weighted by atomic mass is 16.5. The van der Waals surface area contributed by atoms with Gasteiger partial charge in [0.1, 0.15) is 5.75 Å². The minimum absolute atomic E-state index is 0.978. The maximum absolute atomic E-state index is 5.53. The third-order valence-electron chi connectivity index (χ3n) is 4.01. The smallest absolute Gasteiger partial charge is 0.126 e. The van der Waals surface area contributed by atoms with Gasteiger partial charge < -0.3 is 4.74 Å². The van der Waals surface area contributed by atoms with Gasteiger partial charge in [0, 0.05) is 5.56 Å². The van der Waals surface area contributed by atoms with Crippen LogP contribution in [0.2, 0.25) is 0 Å². The van der Waals surface area contributed by atoms with Gasteiger partial charge >= 0.3 is 0 Å². The number of rotatable bonds is 1. The summed E-state index contributed by atoms with van der Waals surface area (Å²) in [5.41, 5.74) is 5.39. The van der Waals surface area contributed by atoms with Crippen LogP contribution in [0.3, 0.4) is 0 Å². The highest BCUT2D eigenvalue weighted by molar-refractivity contribution is 5.96. The average Bonchev–Trinajstić information content (AvgIpc) is 2.86. The molecular weight excluding hydrogens is 232 g/mol. The summed E-state index contributed by atoms with van der Waals surface area (Å²) in [6.07, 6.45) is 1.00. The molecule has 0 fully saturated rings. The quantitative estimate of drug-likeness (QED) is 0.483. The zero-order chi connectivity index (χ0) is 12.8. The summed E-state index contributed by atoms with van der Waals surface area (Å²) in [7, 11) is 1.74. The molecule has 1 heteroatoms. The van der Waals surface area contributed by atoms with Gasteiger partial charge in [-0.2, -0.15) is 0 Å². The van der Waals surface area contributed by atoms with Crippen molar-refractivity contribution in [3.63, 3.8) is 0 Å². The largest absolute Gasteiger partial charge is 0.496 e. The Labute approximate surface area is 112 Å². The molecular formula is C18H14O. The van der Waals surface area contributed by atoms with E-state index in [1.807, 2.05) is 6.07 Å². The Morgan fingerprint density at radius 1 is 0.895 bits per heavy atom. The lowest BCUT2D eigenvalue weighted by Crippen LogP contribution is -1.87. The van der Waals surface area contributed by atoms with E-state index in [1.54, 1.807) is 7.11 Å². The average molecular weight is 246 g/mol. The molecule has 0 atom stereocenters. The highest BCUT2D eigenvalue weighted by Crippen LogP contribution is 2.44. The van der Waals surface area contributed by atoms with E-state index in [4.69, 9.17) is 4.74 Å². The zero-order valence-corrected chi connectivity index (χ0v) is 10.8. The molecule has 0 radical (unpaired) electrons. The van der Waals surface area contributed by atoms with E-state index >= 15 is 0 Å². The lowest BCUT2D eigenvalue weighted by Gasteiger charge is -2.08. The van der Waals surface area contributed by atoms with Crippen molar-refractivity contribution in [2.24, 2.45) is 0 Å². The first-order valence-corrected chi connectivity index (χ1v) is 6.55. The molecule has 19 heavy (non-hydrogen) atoms. The number of fused-ring (bicyclic) bond motifs is 5. The van der Waals surface area contributed by atoms with Gasteiger partial charge in [0.2, 0.25) is 0 Å². The molecule has 0 aromatic heterocycles. The molecule has 0 bridgehead atoms. The Morgan fingerprint density at radius 3 is 2.68 bits per heavy atom. The summed E-state index contributed by atoms with van der Waals surface area (Å²) in [5, 5.41) is 2.67. The van der Waals surface area contributed by atoms with Crippen LogP contribution in [-0.4, -0.2) is 7.11 Å². The van der Waals surface area contributed by atoms with Gasteiger partial charge in [-0.15, -0.1) is 0 Å². The molecule has 1 aliphatic carbocycles. The van der Waals surface area contributed by atoms with Crippen molar-refractivity contribution < 1.29 is 4.74 Å². The van der Waals surface area contributed by atoms with E-state index in [9.17, 15) is 0 Å². The van der Waals surface area contributed by atoms with E-state index in [1.165, 1.54) is 33.0 Å². The van der Waals surface area contributed by atoms with Crippen LogP contribution in [-0.2, 0) is 6.42 Å². The monoisotopic (exact) mass is 246 g/mol. The summed E-state index contributed by atoms with van der Waals surface area (Å²) in [4.78, 5) is 0. The molecule has 1 aliphatic rings. The van der Waals surface area contributed by atoms with E-state index in [-0.39, 0.29) is 0 Å². The minimum Gasteiger partial charge on any atom is -0.496 e. The van der Waals surface area contributed by atoms with Gasteiger partial charge in [0.15, 0.2) is 0 Å². The second-order valence-corrected chi connectivity index (χ2v) is 4.98. The van der Waals surface area contributed by atoms with Crippen molar-refractivity contribution in [3.8, 4) is 16.9 Å². The van der Waals surface area contributed by atoms with Gasteiger partial charge in [0.25, 0.3) is 0 Å². The lowest BCUT2D eigenvalue weighted by atomic mass is 9.99. The maximum Gasteiger partial charge on any atom is 0.126 e. The zero-order valence-electron chi connectivity index (χ0n) is 10.8. The number of ether oxygens (including phenoxy) is 1. The van der Waals surface area contributed by atoms with E-state index in [0.717, 1.165) is 12.2 Å². The Morgan fingerprint density at radius 2 is 1.79 bits per heavy atom. The molecule has 3 aromatic carbocycles.